The summed E-state index contributed by atoms with van der Waals surface area (Å²) in [6.45, 7) is 3.49. The van der Waals surface area contributed by atoms with Gasteiger partial charge in [-0.15, -0.1) is 0 Å². The van der Waals surface area contributed by atoms with Crippen LogP contribution in [-0.4, -0.2) is 38.7 Å². The normalized spacial score (nSPS) is 14.5. The van der Waals surface area contributed by atoms with Crippen LogP contribution in [0.1, 0.15) is 18.4 Å². The Labute approximate surface area is 191 Å². The molecule has 1 amide bonds. The van der Waals surface area contributed by atoms with E-state index in [0.29, 0.717) is 0 Å². The van der Waals surface area contributed by atoms with Crippen LogP contribution in [0.4, 0.5) is 11.4 Å². The lowest BCUT2D eigenvalue weighted by Crippen LogP contribution is -2.39. The first-order valence-corrected chi connectivity index (χ1v) is 11.1. The maximum absolute atomic E-state index is 12.8. The van der Waals surface area contributed by atoms with Crippen LogP contribution in [0.15, 0.2) is 59.5 Å². The minimum atomic E-state index is -0.131. The number of anilines is 2. The Morgan fingerprint density at radius 3 is 2.58 bits per heavy atom. The molecule has 0 atom stereocenters. The van der Waals surface area contributed by atoms with Gasteiger partial charge in [0.2, 0.25) is 5.91 Å². The summed E-state index contributed by atoms with van der Waals surface area (Å²) in [6, 6.07) is 15.4. The van der Waals surface area contributed by atoms with E-state index in [0.717, 1.165) is 65.3 Å². The van der Waals surface area contributed by atoms with Crippen molar-refractivity contribution < 1.29 is 4.79 Å². The first kappa shape index (κ1) is 20.9. The first-order chi connectivity index (χ1) is 16.0. The molecule has 0 saturated carbocycles. The molecule has 0 unspecified atom stereocenters. The van der Waals surface area contributed by atoms with E-state index in [4.69, 9.17) is 4.98 Å². The SMILES string of the molecule is Cc1cccc2[nH]c(-c3ccc(NC(=O)C4CCN(c5cnn(C)c(=O)c5)CC4)cc3)nc12. The number of aromatic nitrogens is 4. The van der Waals surface area contributed by atoms with Crippen molar-refractivity contribution in [2.24, 2.45) is 13.0 Å². The molecular weight excluding hydrogens is 416 g/mol. The van der Waals surface area contributed by atoms with Gasteiger partial charge in [0, 0.05) is 43.4 Å². The number of nitrogens with one attached hydrogen (secondary N) is 2. The third kappa shape index (κ3) is 4.24. The van der Waals surface area contributed by atoms with E-state index >= 15 is 0 Å². The van der Waals surface area contributed by atoms with Crippen LogP contribution in [-0.2, 0) is 11.8 Å². The van der Waals surface area contributed by atoms with Crippen molar-refractivity contribution in [3.63, 3.8) is 0 Å². The predicted octanol–water partition coefficient (Wildman–Crippen LogP) is 3.49. The Morgan fingerprint density at radius 1 is 1.12 bits per heavy atom. The van der Waals surface area contributed by atoms with Gasteiger partial charge in [0.05, 0.1) is 22.9 Å². The van der Waals surface area contributed by atoms with Gasteiger partial charge in [-0.25, -0.2) is 9.67 Å². The van der Waals surface area contributed by atoms with E-state index in [1.165, 1.54) is 4.68 Å². The van der Waals surface area contributed by atoms with E-state index in [1.807, 2.05) is 49.4 Å². The van der Waals surface area contributed by atoms with Crippen LogP contribution >= 0.6 is 0 Å². The summed E-state index contributed by atoms with van der Waals surface area (Å²) in [6.07, 6.45) is 3.17. The molecule has 8 nitrogen and oxygen atoms in total. The number of fused-ring (bicyclic) bond motifs is 1. The topological polar surface area (TPSA) is 95.9 Å². The summed E-state index contributed by atoms with van der Waals surface area (Å²) >= 11 is 0. The molecule has 2 N–H and O–H groups in total. The van der Waals surface area contributed by atoms with Crippen molar-refractivity contribution in [2.75, 3.05) is 23.3 Å². The number of para-hydroxylation sites is 1. The van der Waals surface area contributed by atoms with Gasteiger partial charge < -0.3 is 15.2 Å². The number of aryl methyl sites for hydroxylation is 2. The van der Waals surface area contributed by atoms with Gasteiger partial charge in [-0.3, -0.25) is 9.59 Å². The number of carbonyl (C=O) groups excluding carboxylic acids is 1. The van der Waals surface area contributed by atoms with Crippen LogP contribution in [0.3, 0.4) is 0 Å². The van der Waals surface area contributed by atoms with Crippen LogP contribution in [0.2, 0.25) is 0 Å². The molecule has 0 aliphatic carbocycles. The molecule has 0 spiro atoms. The molecule has 3 heterocycles. The summed E-state index contributed by atoms with van der Waals surface area (Å²) in [4.78, 5) is 34.8. The number of piperidine rings is 1. The lowest BCUT2D eigenvalue weighted by Gasteiger charge is -2.32. The van der Waals surface area contributed by atoms with Crippen molar-refractivity contribution in [2.45, 2.75) is 19.8 Å². The van der Waals surface area contributed by atoms with Crippen LogP contribution in [0.25, 0.3) is 22.4 Å². The fraction of sp³-hybridized carbons (Fsp3) is 0.280. The van der Waals surface area contributed by atoms with Crippen molar-refractivity contribution >= 4 is 28.3 Å². The lowest BCUT2D eigenvalue weighted by atomic mass is 9.95. The van der Waals surface area contributed by atoms with Crippen LogP contribution < -0.4 is 15.8 Å². The zero-order valence-corrected chi connectivity index (χ0v) is 18.7. The summed E-state index contributed by atoms with van der Waals surface area (Å²) in [5.74, 6) is 0.789. The second-order valence-electron chi connectivity index (χ2n) is 8.56. The van der Waals surface area contributed by atoms with Crippen molar-refractivity contribution in [1.29, 1.82) is 0 Å². The zero-order valence-electron chi connectivity index (χ0n) is 18.7. The number of hydrogen-bond donors (Lipinski definition) is 2. The molecule has 0 bridgehead atoms. The molecule has 1 saturated heterocycles. The molecule has 0 radical (unpaired) electrons. The number of H-pyrrole nitrogens is 1. The molecule has 33 heavy (non-hydrogen) atoms. The predicted molar refractivity (Wildman–Crippen MR) is 129 cm³/mol. The summed E-state index contributed by atoms with van der Waals surface area (Å²) in [7, 11) is 1.63. The summed E-state index contributed by atoms with van der Waals surface area (Å²) in [5, 5.41) is 7.13. The number of imidazole rings is 1. The highest BCUT2D eigenvalue weighted by Gasteiger charge is 2.25. The Hall–Kier alpha value is -3.94. The number of rotatable bonds is 4. The Bertz CT molecular complexity index is 1360. The fourth-order valence-corrected chi connectivity index (χ4v) is 4.30. The van der Waals surface area contributed by atoms with E-state index in [2.05, 4.69) is 20.3 Å². The Kier molecular flexibility index (Phi) is 5.42. The third-order valence-electron chi connectivity index (χ3n) is 6.32. The quantitative estimate of drug-likeness (QED) is 0.504. The highest BCUT2D eigenvalue weighted by molar-refractivity contribution is 5.93. The van der Waals surface area contributed by atoms with Gasteiger partial charge >= 0.3 is 0 Å². The number of carbonyl (C=O) groups is 1. The number of nitrogens with zero attached hydrogens (tertiary/aromatic N) is 4. The van der Waals surface area contributed by atoms with Gasteiger partial charge in [0.15, 0.2) is 0 Å². The average molecular weight is 443 g/mol. The molecule has 2 aromatic carbocycles. The molecule has 2 aromatic heterocycles. The van der Waals surface area contributed by atoms with E-state index in [9.17, 15) is 9.59 Å². The van der Waals surface area contributed by atoms with Gasteiger partial charge in [0.1, 0.15) is 5.82 Å². The minimum Gasteiger partial charge on any atom is -0.370 e. The summed E-state index contributed by atoms with van der Waals surface area (Å²) < 4.78 is 1.31. The molecular formula is C25H26N6O2. The molecule has 8 heteroatoms. The maximum Gasteiger partial charge on any atom is 0.268 e. The molecule has 4 aromatic rings. The molecule has 1 fully saturated rings. The second-order valence-corrected chi connectivity index (χ2v) is 8.56. The Balaban J connectivity index is 1.21. The second kappa shape index (κ2) is 8.54. The van der Waals surface area contributed by atoms with Gasteiger partial charge in [-0.1, -0.05) is 12.1 Å². The maximum atomic E-state index is 12.8. The van der Waals surface area contributed by atoms with Crippen molar-refractivity contribution in [1.82, 2.24) is 19.7 Å². The van der Waals surface area contributed by atoms with Gasteiger partial charge in [-0.2, -0.15) is 5.10 Å². The number of benzene rings is 2. The molecule has 1 aliphatic rings. The van der Waals surface area contributed by atoms with Crippen LogP contribution in [0.5, 0.6) is 0 Å². The number of aromatic amines is 1. The average Bonchev–Trinajstić information content (AvgIpc) is 3.27. The zero-order chi connectivity index (χ0) is 22.9. The van der Waals surface area contributed by atoms with Crippen LogP contribution in [0, 0.1) is 12.8 Å². The highest BCUT2D eigenvalue weighted by Crippen LogP contribution is 2.26. The smallest absolute Gasteiger partial charge is 0.268 e. The standard InChI is InChI=1S/C25H26N6O2/c1-16-4-3-5-21-23(16)29-24(28-21)17-6-8-19(9-7-17)27-25(33)18-10-12-31(13-11-18)20-14-22(32)30(2)26-15-20/h3-9,14-15,18H,10-13H2,1-2H3,(H,27,33)(H,28,29). The minimum absolute atomic E-state index is 0.0314. The third-order valence-corrected chi connectivity index (χ3v) is 6.32. The Morgan fingerprint density at radius 2 is 1.88 bits per heavy atom. The monoisotopic (exact) mass is 442 g/mol. The van der Waals surface area contributed by atoms with Gasteiger partial charge in [0.25, 0.3) is 5.56 Å². The van der Waals surface area contributed by atoms with Crippen molar-refractivity contribution in [3.8, 4) is 11.4 Å². The van der Waals surface area contributed by atoms with E-state index in [1.54, 1.807) is 19.3 Å². The highest BCUT2D eigenvalue weighted by atomic mass is 16.2. The molecule has 5 rings (SSSR count). The van der Waals surface area contributed by atoms with E-state index in [-0.39, 0.29) is 17.4 Å². The lowest BCUT2D eigenvalue weighted by molar-refractivity contribution is -0.120. The number of amides is 1. The van der Waals surface area contributed by atoms with E-state index < -0.39 is 0 Å². The van der Waals surface area contributed by atoms with Crippen molar-refractivity contribution in [3.05, 3.63) is 70.6 Å². The summed E-state index contributed by atoms with van der Waals surface area (Å²) in [5.41, 5.74) is 5.55. The molecule has 1 aliphatic heterocycles. The molecule has 168 valence electrons. The largest absolute Gasteiger partial charge is 0.370 e. The fourth-order valence-electron chi connectivity index (χ4n) is 4.30. The number of hydrogen-bond acceptors (Lipinski definition) is 5. The van der Waals surface area contributed by atoms with Gasteiger partial charge in [-0.05, 0) is 55.7 Å². The first-order valence-electron chi connectivity index (χ1n) is 11.1.